The molecule has 148 valence electrons. The van der Waals surface area contributed by atoms with Crippen LogP contribution in [0.3, 0.4) is 0 Å². The maximum Gasteiger partial charge on any atom is 0.348 e. The molecule has 2 atom stereocenters. The summed E-state index contributed by atoms with van der Waals surface area (Å²) in [5.74, 6) is 0.0986. The number of rotatable bonds is 6. The minimum absolute atomic E-state index is 0.0356. The van der Waals surface area contributed by atoms with Crippen LogP contribution in [0.5, 0.6) is 0 Å². The zero-order valence-electron chi connectivity index (χ0n) is 16.1. The molecule has 0 amide bonds. The molecule has 0 unspecified atom stereocenters. The van der Waals surface area contributed by atoms with E-state index in [1.54, 1.807) is 13.8 Å². The molecule has 0 saturated heterocycles. The van der Waals surface area contributed by atoms with Crippen LogP contribution in [-0.2, 0) is 4.74 Å². The first kappa shape index (κ1) is 20.5. The van der Waals surface area contributed by atoms with Crippen LogP contribution >= 0.6 is 22.9 Å². The molecule has 0 saturated carbocycles. The minimum Gasteiger partial charge on any atom is -0.462 e. The number of aryl methyl sites for hydroxylation is 1. The molecule has 1 aromatic carbocycles. The van der Waals surface area contributed by atoms with Gasteiger partial charge in [0, 0.05) is 11.1 Å². The third kappa shape index (κ3) is 4.11. The van der Waals surface area contributed by atoms with Gasteiger partial charge in [-0.1, -0.05) is 23.7 Å². The van der Waals surface area contributed by atoms with Crippen molar-refractivity contribution in [1.82, 2.24) is 15.3 Å². The molecular weight excluding hydrogens is 398 g/mol. The summed E-state index contributed by atoms with van der Waals surface area (Å²) in [7, 11) is 0. The average molecular weight is 420 g/mol. The number of nitrogens with zero attached hydrogens (tertiary/aromatic N) is 1. The van der Waals surface area contributed by atoms with E-state index in [0.29, 0.717) is 31.5 Å². The Hall–Kier alpha value is -2.22. The Balaban J connectivity index is 1.89. The van der Waals surface area contributed by atoms with E-state index in [2.05, 4.69) is 15.3 Å². The Bertz CT molecular complexity index is 1060. The molecule has 0 aliphatic rings. The number of thiophene rings is 1. The van der Waals surface area contributed by atoms with Crippen molar-refractivity contribution in [2.45, 2.75) is 39.8 Å². The SMILES string of the molecule is CCOC(=O)c1sc2nc([C@H](C)N[C@@H](C)c3ccc(Cl)cc3)[nH]c(=O)c2c1C. The van der Waals surface area contributed by atoms with Crippen molar-refractivity contribution in [1.29, 1.82) is 0 Å². The lowest BCUT2D eigenvalue weighted by Crippen LogP contribution is -2.26. The average Bonchev–Trinajstić information content (AvgIpc) is 2.99. The molecule has 28 heavy (non-hydrogen) atoms. The van der Waals surface area contributed by atoms with Gasteiger partial charge in [0.05, 0.1) is 18.0 Å². The van der Waals surface area contributed by atoms with Gasteiger partial charge in [0.2, 0.25) is 0 Å². The third-order valence-electron chi connectivity index (χ3n) is 4.56. The van der Waals surface area contributed by atoms with Crippen molar-refractivity contribution >= 4 is 39.1 Å². The number of carbonyl (C=O) groups is 1. The Morgan fingerprint density at radius 1 is 1.29 bits per heavy atom. The van der Waals surface area contributed by atoms with Crippen molar-refractivity contribution in [3.63, 3.8) is 0 Å². The molecular formula is C20H22ClN3O3S. The zero-order chi connectivity index (χ0) is 20.4. The number of ether oxygens (including phenoxy) is 1. The van der Waals surface area contributed by atoms with E-state index in [9.17, 15) is 9.59 Å². The Labute approximate surface area is 171 Å². The van der Waals surface area contributed by atoms with Gasteiger partial charge >= 0.3 is 5.97 Å². The second kappa shape index (κ2) is 8.43. The van der Waals surface area contributed by atoms with E-state index in [1.165, 1.54) is 11.3 Å². The largest absolute Gasteiger partial charge is 0.462 e. The standard InChI is InChI=1S/C20H22ClN3O3S/c1-5-27-20(26)16-10(2)15-18(25)23-17(24-19(15)28-16)12(4)22-11(3)13-6-8-14(21)9-7-13/h6-9,11-12,22H,5H2,1-4H3,(H,23,24,25)/t11-,12-/m0/s1. The highest BCUT2D eigenvalue weighted by molar-refractivity contribution is 7.20. The molecule has 2 aromatic heterocycles. The monoisotopic (exact) mass is 419 g/mol. The topological polar surface area (TPSA) is 84.1 Å². The summed E-state index contributed by atoms with van der Waals surface area (Å²) >= 11 is 7.13. The van der Waals surface area contributed by atoms with E-state index in [1.807, 2.05) is 38.1 Å². The zero-order valence-corrected chi connectivity index (χ0v) is 17.7. The number of carbonyl (C=O) groups excluding carboxylic acids is 1. The Morgan fingerprint density at radius 3 is 2.61 bits per heavy atom. The van der Waals surface area contributed by atoms with Crippen LogP contribution in [0.25, 0.3) is 10.2 Å². The molecule has 2 N–H and O–H groups in total. The maximum absolute atomic E-state index is 12.6. The van der Waals surface area contributed by atoms with E-state index >= 15 is 0 Å². The number of benzene rings is 1. The van der Waals surface area contributed by atoms with Gasteiger partial charge in [0.1, 0.15) is 15.5 Å². The van der Waals surface area contributed by atoms with Crippen LogP contribution in [-0.4, -0.2) is 22.5 Å². The molecule has 0 spiro atoms. The van der Waals surface area contributed by atoms with Crippen LogP contribution in [0.1, 0.15) is 59.5 Å². The van der Waals surface area contributed by atoms with Gasteiger partial charge in [0.25, 0.3) is 5.56 Å². The Morgan fingerprint density at radius 2 is 1.96 bits per heavy atom. The van der Waals surface area contributed by atoms with Gasteiger partial charge in [-0.25, -0.2) is 9.78 Å². The van der Waals surface area contributed by atoms with Crippen molar-refractivity contribution in [3.8, 4) is 0 Å². The number of aromatic nitrogens is 2. The highest BCUT2D eigenvalue weighted by Crippen LogP contribution is 2.28. The fraction of sp³-hybridized carbons (Fsp3) is 0.350. The van der Waals surface area contributed by atoms with Gasteiger partial charge in [-0.3, -0.25) is 4.79 Å². The highest BCUT2D eigenvalue weighted by atomic mass is 35.5. The number of nitrogens with one attached hydrogen (secondary N) is 2. The van der Waals surface area contributed by atoms with Crippen LogP contribution in [0.2, 0.25) is 5.02 Å². The first-order valence-corrected chi connectivity index (χ1v) is 10.2. The normalized spacial score (nSPS) is 13.5. The summed E-state index contributed by atoms with van der Waals surface area (Å²) in [6, 6.07) is 7.44. The summed E-state index contributed by atoms with van der Waals surface area (Å²) < 4.78 is 5.08. The smallest absolute Gasteiger partial charge is 0.348 e. The fourth-order valence-electron chi connectivity index (χ4n) is 3.06. The van der Waals surface area contributed by atoms with E-state index in [4.69, 9.17) is 16.3 Å². The van der Waals surface area contributed by atoms with Crippen LogP contribution in [0.15, 0.2) is 29.1 Å². The fourth-order valence-corrected chi connectivity index (χ4v) is 4.27. The minimum atomic E-state index is -0.425. The third-order valence-corrected chi connectivity index (χ3v) is 5.98. The van der Waals surface area contributed by atoms with Crippen LogP contribution < -0.4 is 10.9 Å². The molecule has 0 fully saturated rings. The van der Waals surface area contributed by atoms with E-state index in [-0.39, 0.29) is 24.2 Å². The number of halogens is 1. The molecule has 3 aromatic rings. The summed E-state index contributed by atoms with van der Waals surface area (Å²) in [5, 5.41) is 4.55. The van der Waals surface area contributed by atoms with Gasteiger partial charge in [-0.2, -0.15) is 0 Å². The second-order valence-electron chi connectivity index (χ2n) is 6.57. The lowest BCUT2D eigenvalue weighted by molar-refractivity contribution is 0.0531. The van der Waals surface area contributed by atoms with Gasteiger partial charge in [0.15, 0.2) is 0 Å². The highest BCUT2D eigenvalue weighted by Gasteiger charge is 2.21. The van der Waals surface area contributed by atoms with Crippen LogP contribution in [0, 0.1) is 6.92 Å². The molecule has 0 aliphatic heterocycles. The summed E-state index contributed by atoms with van der Waals surface area (Å²) in [6.07, 6.45) is 0. The number of hydrogen-bond acceptors (Lipinski definition) is 6. The van der Waals surface area contributed by atoms with Crippen molar-refractivity contribution < 1.29 is 9.53 Å². The van der Waals surface area contributed by atoms with Crippen molar-refractivity contribution in [3.05, 3.63) is 61.5 Å². The van der Waals surface area contributed by atoms with Gasteiger partial charge in [-0.05, 0) is 51.0 Å². The van der Waals surface area contributed by atoms with Crippen LogP contribution in [0.4, 0.5) is 0 Å². The summed E-state index contributed by atoms with van der Waals surface area (Å²) in [4.78, 5) is 33.1. The summed E-state index contributed by atoms with van der Waals surface area (Å²) in [6.45, 7) is 7.74. The summed E-state index contributed by atoms with van der Waals surface area (Å²) in [5.41, 5.74) is 1.43. The number of H-pyrrole nitrogens is 1. The van der Waals surface area contributed by atoms with Gasteiger partial charge in [-0.15, -0.1) is 11.3 Å². The molecule has 0 bridgehead atoms. The quantitative estimate of drug-likeness (QED) is 0.573. The molecule has 0 aliphatic carbocycles. The number of esters is 1. The molecule has 0 radical (unpaired) electrons. The molecule has 3 rings (SSSR count). The number of aromatic amines is 1. The van der Waals surface area contributed by atoms with E-state index in [0.717, 1.165) is 5.56 Å². The molecule has 8 heteroatoms. The maximum atomic E-state index is 12.6. The van der Waals surface area contributed by atoms with E-state index < -0.39 is 5.97 Å². The predicted molar refractivity (Wildman–Crippen MR) is 112 cm³/mol. The first-order valence-electron chi connectivity index (χ1n) is 9.03. The van der Waals surface area contributed by atoms with Crippen molar-refractivity contribution in [2.24, 2.45) is 0 Å². The first-order chi connectivity index (χ1) is 13.3. The second-order valence-corrected chi connectivity index (χ2v) is 8.01. The van der Waals surface area contributed by atoms with Crippen molar-refractivity contribution in [2.75, 3.05) is 6.61 Å². The Kier molecular flexibility index (Phi) is 6.17. The number of hydrogen-bond donors (Lipinski definition) is 2. The van der Waals surface area contributed by atoms with Gasteiger partial charge < -0.3 is 15.0 Å². The lowest BCUT2D eigenvalue weighted by atomic mass is 10.1. The molecule has 2 heterocycles. The molecule has 6 nitrogen and oxygen atoms in total. The number of fused-ring (bicyclic) bond motifs is 1. The predicted octanol–water partition coefficient (Wildman–Crippen LogP) is 4.53. The lowest BCUT2D eigenvalue weighted by Gasteiger charge is -2.20.